The molecule has 0 atom stereocenters. The van der Waals surface area contributed by atoms with Crippen molar-refractivity contribution >= 4 is 65.8 Å². The Bertz CT molecular complexity index is 1920. The number of thiophene rings is 1. The fourth-order valence-electron chi connectivity index (χ4n) is 5.34. The van der Waals surface area contributed by atoms with E-state index >= 15 is 0 Å². The molecule has 0 fully saturated rings. The largest absolute Gasteiger partial charge is 0.294 e. The second-order valence-corrected chi connectivity index (χ2v) is 10.6. The van der Waals surface area contributed by atoms with Crippen molar-refractivity contribution in [2.75, 3.05) is 5.43 Å². The molecule has 0 amide bonds. The van der Waals surface area contributed by atoms with E-state index < -0.39 is 0 Å². The fraction of sp³-hybridized carbons (Fsp3) is 0.0857. The Balaban J connectivity index is 1.46. The minimum atomic E-state index is 0.779. The molecule has 1 N–H and O–H groups in total. The van der Waals surface area contributed by atoms with E-state index in [0.29, 0.717) is 0 Å². The van der Waals surface area contributed by atoms with Gasteiger partial charge in [0, 0.05) is 30.8 Å². The number of allylic oxidation sites excluding steroid dienone is 7. The van der Waals surface area contributed by atoms with Gasteiger partial charge in [-0.15, -0.1) is 11.3 Å². The molecule has 1 aliphatic rings. The maximum absolute atomic E-state index is 4.10. The van der Waals surface area contributed by atoms with Gasteiger partial charge in [-0.3, -0.25) is 10.1 Å². The summed E-state index contributed by atoms with van der Waals surface area (Å²) < 4.78 is 4.87. The maximum Gasteiger partial charge on any atom is 0.0715 e. The van der Waals surface area contributed by atoms with Gasteiger partial charge < -0.3 is 0 Å². The minimum absolute atomic E-state index is 0.779. The van der Waals surface area contributed by atoms with Crippen molar-refractivity contribution in [1.82, 2.24) is 4.68 Å². The first kappa shape index (κ1) is 24.0. The highest BCUT2D eigenvalue weighted by Gasteiger charge is 2.13. The van der Waals surface area contributed by atoms with Crippen LogP contribution in [0.3, 0.4) is 0 Å². The van der Waals surface area contributed by atoms with Gasteiger partial charge in [0.15, 0.2) is 0 Å². The Morgan fingerprint density at radius 3 is 2.53 bits per heavy atom. The van der Waals surface area contributed by atoms with Gasteiger partial charge in [0.1, 0.15) is 0 Å². The molecule has 1 aliphatic carbocycles. The number of nitrogens with one attached hydrogen (secondary N) is 1. The molecule has 186 valence electrons. The van der Waals surface area contributed by atoms with Crippen LogP contribution in [-0.4, -0.2) is 4.68 Å². The van der Waals surface area contributed by atoms with Crippen LogP contribution in [0, 0.1) is 0 Å². The van der Waals surface area contributed by atoms with Crippen LogP contribution in [0.1, 0.15) is 24.8 Å². The summed E-state index contributed by atoms with van der Waals surface area (Å²) in [5.74, 6) is 0. The highest BCUT2D eigenvalue weighted by atomic mass is 32.1. The van der Waals surface area contributed by atoms with Crippen LogP contribution < -0.4 is 16.0 Å². The molecule has 0 saturated heterocycles. The van der Waals surface area contributed by atoms with Crippen molar-refractivity contribution in [3.63, 3.8) is 0 Å². The number of fused-ring (bicyclic) bond motifs is 6. The van der Waals surface area contributed by atoms with Gasteiger partial charge in [-0.1, -0.05) is 98.7 Å². The first-order valence-electron chi connectivity index (χ1n) is 13.0. The highest BCUT2D eigenvalue weighted by molar-refractivity contribution is 7.25. The number of aromatic nitrogens is 1. The third-order valence-electron chi connectivity index (χ3n) is 7.22. The summed E-state index contributed by atoms with van der Waals surface area (Å²) in [6.45, 7) is 11.8. The zero-order valence-corrected chi connectivity index (χ0v) is 22.2. The monoisotopic (exact) mass is 510 g/mol. The molecule has 0 unspecified atom stereocenters. The molecule has 0 spiro atoms. The lowest BCUT2D eigenvalue weighted by Crippen LogP contribution is -2.34. The summed E-state index contributed by atoms with van der Waals surface area (Å²) in [5.41, 5.74) is 9.37. The standard InChI is InChI=1S/C35H30N2S/c1-4-11-24(5-2)16-17-25(6-3)26-18-20-29-28-12-7-9-14-32(28)37(33(29)22-26)36-27-19-21-31-30-13-8-10-15-34(30)38-35(31)23-27/h4-6,8,10-15,17-23,36H,1-3,7,9,16H2/b24-11+,25-17+. The van der Waals surface area contributed by atoms with Gasteiger partial charge in [-0.05, 0) is 60.2 Å². The quantitative estimate of drug-likeness (QED) is 0.207. The molecule has 2 nitrogen and oxygen atoms in total. The Kier molecular flexibility index (Phi) is 6.45. The Labute approximate surface area is 227 Å². The van der Waals surface area contributed by atoms with Gasteiger partial charge in [0.25, 0.3) is 0 Å². The average molecular weight is 511 g/mol. The molecule has 0 radical (unpaired) electrons. The summed E-state index contributed by atoms with van der Waals surface area (Å²) in [4.78, 5) is 0. The molecule has 0 aliphatic heterocycles. The van der Waals surface area contributed by atoms with Crippen molar-refractivity contribution in [1.29, 1.82) is 0 Å². The van der Waals surface area contributed by atoms with Crippen LogP contribution in [0.4, 0.5) is 5.69 Å². The van der Waals surface area contributed by atoms with E-state index in [1.54, 1.807) is 6.08 Å². The molecular weight excluding hydrogens is 480 g/mol. The SMILES string of the molecule is C=C/C=C(\C=C)C/C=C(\C=C)c1ccc2c3c(n(Nc4ccc5c(c4)sc4ccccc45)c2c1)=CCCC=3. The number of hydrogen-bond donors (Lipinski definition) is 1. The third kappa shape index (κ3) is 4.25. The van der Waals surface area contributed by atoms with Gasteiger partial charge in [-0.25, -0.2) is 0 Å². The van der Waals surface area contributed by atoms with Crippen molar-refractivity contribution in [2.24, 2.45) is 0 Å². The van der Waals surface area contributed by atoms with Crippen LogP contribution >= 0.6 is 11.3 Å². The van der Waals surface area contributed by atoms with Crippen molar-refractivity contribution in [3.05, 3.63) is 132 Å². The first-order chi connectivity index (χ1) is 18.7. The lowest BCUT2D eigenvalue weighted by atomic mass is 10.0. The van der Waals surface area contributed by atoms with Crippen molar-refractivity contribution in [3.8, 4) is 0 Å². The topological polar surface area (TPSA) is 17.0 Å². The predicted octanol–water partition coefficient (Wildman–Crippen LogP) is 8.50. The zero-order chi connectivity index (χ0) is 26.1. The lowest BCUT2D eigenvalue weighted by Gasteiger charge is -2.12. The van der Waals surface area contributed by atoms with Crippen LogP contribution in [0.5, 0.6) is 0 Å². The van der Waals surface area contributed by atoms with Gasteiger partial charge >= 0.3 is 0 Å². The first-order valence-corrected chi connectivity index (χ1v) is 13.8. The molecule has 38 heavy (non-hydrogen) atoms. The summed E-state index contributed by atoms with van der Waals surface area (Å²) in [5, 5.41) is 6.42. The van der Waals surface area contributed by atoms with E-state index in [4.69, 9.17) is 0 Å². The smallest absolute Gasteiger partial charge is 0.0715 e. The fourth-order valence-corrected chi connectivity index (χ4v) is 6.48. The summed E-state index contributed by atoms with van der Waals surface area (Å²) >= 11 is 1.84. The van der Waals surface area contributed by atoms with Gasteiger partial charge in [0.05, 0.1) is 16.6 Å². The number of rotatable bonds is 8. The van der Waals surface area contributed by atoms with Crippen molar-refractivity contribution < 1.29 is 0 Å². The Hall–Kier alpha value is -4.34. The molecule has 3 aromatic carbocycles. The number of anilines is 1. The molecule has 3 heteroatoms. The van der Waals surface area contributed by atoms with E-state index in [1.165, 1.54) is 36.1 Å². The highest BCUT2D eigenvalue weighted by Crippen LogP contribution is 2.35. The molecule has 2 aromatic heterocycles. The zero-order valence-electron chi connectivity index (χ0n) is 21.4. The number of hydrogen-bond acceptors (Lipinski definition) is 2. The second kappa shape index (κ2) is 10.2. The minimum Gasteiger partial charge on any atom is -0.294 e. The summed E-state index contributed by atoms with van der Waals surface area (Å²) in [6.07, 6.45) is 17.4. The van der Waals surface area contributed by atoms with E-state index in [9.17, 15) is 0 Å². The van der Waals surface area contributed by atoms with E-state index in [0.717, 1.165) is 47.2 Å². The molecule has 6 rings (SSSR count). The number of nitrogens with zero attached hydrogens (tertiary/aromatic N) is 1. The second-order valence-electron chi connectivity index (χ2n) is 9.52. The number of benzene rings is 3. The maximum atomic E-state index is 4.10. The van der Waals surface area contributed by atoms with Crippen LogP contribution in [0.25, 0.3) is 48.8 Å². The molecule has 0 bridgehead atoms. The summed E-state index contributed by atoms with van der Waals surface area (Å²) in [7, 11) is 0. The van der Waals surface area contributed by atoms with Gasteiger partial charge in [-0.2, -0.15) is 0 Å². The van der Waals surface area contributed by atoms with Crippen molar-refractivity contribution in [2.45, 2.75) is 19.3 Å². The van der Waals surface area contributed by atoms with Crippen LogP contribution in [0.2, 0.25) is 0 Å². The van der Waals surface area contributed by atoms with Crippen LogP contribution in [-0.2, 0) is 0 Å². The predicted molar refractivity (Wildman–Crippen MR) is 169 cm³/mol. The molecule has 0 saturated carbocycles. The van der Waals surface area contributed by atoms with E-state index in [1.807, 2.05) is 29.6 Å². The molecule has 5 aromatic rings. The molecular formula is C35H30N2S. The average Bonchev–Trinajstić information content (AvgIpc) is 3.48. The summed E-state index contributed by atoms with van der Waals surface area (Å²) in [6, 6.07) is 22.1. The van der Waals surface area contributed by atoms with E-state index in [2.05, 4.69) is 109 Å². The molecule has 2 heterocycles. The Morgan fingerprint density at radius 2 is 1.68 bits per heavy atom. The Morgan fingerprint density at radius 1 is 0.868 bits per heavy atom. The third-order valence-corrected chi connectivity index (χ3v) is 8.36. The van der Waals surface area contributed by atoms with Crippen LogP contribution in [0.15, 0.2) is 116 Å². The van der Waals surface area contributed by atoms with Gasteiger partial charge in [0.2, 0.25) is 0 Å². The lowest BCUT2D eigenvalue weighted by molar-refractivity contribution is 0.947. The normalized spacial score (nSPS) is 13.7. The van der Waals surface area contributed by atoms with E-state index in [-0.39, 0.29) is 0 Å².